The minimum absolute atomic E-state index is 0.170. The smallest absolute Gasteiger partial charge is 0.123 e. The lowest BCUT2D eigenvalue weighted by Gasteiger charge is -2.24. The van der Waals surface area contributed by atoms with Crippen molar-refractivity contribution in [2.75, 3.05) is 0 Å². The summed E-state index contributed by atoms with van der Waals surface area (Å²) in [7, 11) is 0. The number of nitrogens with zero attached hydrogens (tertiary/aromatic N) is 1. The number of fused-ring (bicyclic) bond motifs is 1. The van der Waals surface area contributed by atoms with E-state index in [4.69, 9.17) is 0 Å². The summed E-state index contributed by atoms with van der Waals surface area (Å²) in [6.07, 6.45) is 5.20. The lowest BCUT2D eigenvalue weighted by molar-refractivity contribution is 0.597. The van der Waals surface area contributed by atoms with Gasteiger partial charge in [0.1, 0.15) is 5.82 Å². The molecule has 0 saturated heterocycles. The van der Waals surface area contributed by atoms with Crippen LogP contribution in [-0.2, 0) is 6.42 Å². The van der Waals surface area contributed by atoms with Gasteiger partial charge < -0.3 is 0 Å². The molecule has 1 nitrogen and oxygen atoms in total. The number of hydrogen-bond donors (Lipinski definition) is 0. The summed E-state index contributed by atoms with van der Waals surface area (Å²) in [6.45, 7) is 0. The molecule has 0 bridgehead atoms. The third kappa shape index (κ3) is 1.95. The standard InChI is InChI=1S/C15H14FN/c16-12-8-6-11(7-9-12)13-3-1-5-15-14(13)4-2-10-17-15/h2,4,6-10,13H,1,3,5H2. The summed E-state index contributed by atoms with van der Waals surface area (Å²) < 4.78 is 12.9. The zero-order chi connectivity index (χ0) is 11.7. The van der Waals surface area contributed by atoms with Crippen LogP contribution in [0.25, 0.3) is 0 Å². The molecular formula is C15H14FN. The number of aromatic nitrogens is 1. The zero-order valence-corrected chi connectivity index (χ0v) is 9.57. The molecule has 1 unspecified atom stereocenters. The van der Waals surface area contributed by atoms with Crippen LogP contribution in [0.2, 0.25) is 0 Å². The van der Waals surface area contributed by atoms with E-state index in [1.807, 2.05) is 24.4 Å². The number of aryl methyl sites for hydroxylation is 1. The normalized spacial score (nSPS) is 18.8. The van der Waals surface area contributed by atoms with Crippen molar-refractivity contribution < 1.29 is 4.39 Å². The fourth-order valence-electron chi connectivity index (χ4n) is 2.65. The van der Waals surface area contributed by atoms with Gasteiger partial charge in [0.15, 0.2) is 0 Å². The molecule has 0 saturated carbocycles. The summed E-state index contributed by atoms with van der Waals surface area (Å²) in [5.41, 5.74) is 3.71. The molecule has 2 aromatic rings. The van der Waals surface area contributed by atoms with Crippen molar-refractivity contribution in [2.45, 2.75) is 25.2 Å². The number of benzene rings is 1. The highest BCUT2D eigenvalue weighted by atomic mass is 19.1. The van der Waals surface area contributed by atoms with Gasteiger partial charge in [0, 0.05) is 17.8 Å². The number of pyridine rings is 1. The van der Waals surface area contributed by atoms with E-state index in [1.165, 1.54) is 16.8 Å². The Morgan fingerprint density at radius 3 is 2.76 bits per heavy atom. The molecule has 1 aromatic heterocycles. The van der Waals surface area contributed by atoms with Gasteiger partial charge in [-0.3, -0.25) is 4.98 Å². The van der Waals surface area contributed by atoms with Crippen molar-refractivity contribution in [3.8, 4) is 0 Å². The maximum Gasteiger partial charge on any atom is 0.123 e. The molecule has 86 valence electrons. The SMILES string of the molecule is Fc1ccc(C2CCCc3ncccc32)cc1. The number of halogens is 1. The molecule has 1 heterocycles. The molecule has 2 heteroatoms. The van der Waals surface area contributed by atoms with Crippen LogP contribution >= 0.6 is 0 Å². The van der Waals surface area contributed by atoms with Crippen molar-refractivity contribution in [3.63, 3.8) is 0 Å². The lowest BCUT2D eigenvalue weighted by Crippen LogP contribution is -2.12. The Labute approximate surface area is 100 Å². The van der Waals surface area contributed by atoms with Crippen LogP contribution in [0.3, 0.4) is 0 Å². The molecule has 0 spiro atoms. The quantitative estimate of drug-likeness (QED) is 0.724. The van der Waals surface area contributed by atoms with Crippen LogP contribution in [0.15, 0.2) is 42.6 Å². The maximum atomic E-state index is 12.9. The van der Waals surface area contributed by atoms with E-state index in [0.717, 1.165) is 19.3 Å². The second-order valence-corrected chi connectivity index (χ2v) is 4.54. The molecule has 1 atom stereocenters. The van der Waals surface area contributed by atoms with Gasteiger partial charge in [-0.15, -0.1) is 0 Å². The molecule has 0 aliphatic heterocycles. The fourth-order valence-corrected chi connectivity index (χ4v) is 2.65. The first-order chi connectivity index (χ1) is 8.34. The van der Waals surface area contributed by atoms with Gasteiger partial charge in [-0.25, -0.2) is 4.39 Å². The summed E-state index contributed by atoms with van der Waals surface area (Å²) in [6, 6.07) is 11.0. The fraction of sp³-hybridized carbons (Fsp3) is 0.267. The van der Waals surface area contributed by atoms with Gasteiger partial charge in [0.2, 0.25) is 0 Å². The van der Waals surface area contributed by atoms with Crippen LogP contribution in [0, 0.1) is 5.82 Å². The lowest BCUT2D eigenvalue weighted by atomic mass is 9.81. The van der Waals surface area contributed by atoms with Crippen LogP contribution in [0.4, 0.5) is 4.39 Å². The Balaban J connectivity index is 2.03. The van der Waals surface area contributed by atoms with Gasteiger partial charge in [0.05, 0.1) is 0 Å². The van der Waals surface area contributed by atoms with Gasteiger partial charge in [0.25, 0.3) is 0 Å². The number of rotatable bonds is 1. The van der Waals surface area contributed by atoms with E-state index in [9.17, 15) is 4.39 Å². The largest absolute Gasteiger partial charge is 0.261 e. The summed E-state index contributed by atoms with van der Waals surface area (Å²) in [5, 5.41) is 0. The first-order valence-electron chi connectivity index (χ1n) is 6.04. The predicted molar refractivity (Wildman–Crippen MR) is 65.4 cm³/mol. The van der Waals surface area contributed by atoms with Crippen molar-refractivity contribution in [1.82, 2.24) is 4.98 Å². The average Bonchev–Trinajstić information content (AvgIpc) is 2.39. The minimum atomic E-state index is -0.170. The molecule has 0 N–H and O–H groups in total. The van der Waals surface area contributed by atoms with Crippen LogP contribution in [-0.4, -0.2) is 4.98 Å². The van der Waals surface area contributed by atoms with Gasteiger partial charge >= 0.3 is 0 Å². The third-order valence-electron chi connectivity index (χ3n) is 3.48. The molecule has 1 aliphatic rings. The van der Waals surface area contributed by atoms with Gasteiger partial charge in [-0.2, -0.15) is 0 Å². The van der Waals surface area contributed by atoms with E-state index in [1.54, 1.807) is 12.1 Å². The van der Waals surface area contributed by atoms with Gasteiger partial charge in [-0.1, -0.05) is 18.2 Å². The Hall–Kier alpha value is -1.70. The second-order valence-electron chi connectivity index (χ2n) is 4.54. The third-order valence-corrected chi connectivity index (χ3v) is 3.48. The highest BCUT2D eigenvalue weighted by Gasteiger charge is 2.21. The van der Waals surface area contributed by atoms with Crippen molar-refractivity contribution in [1.29, 1.82) is 0 Å². The van der Waals surface area contributed by atoms with Crippen molar-refractivity contribution in [3.05, 3.63) is 65.2 Å². The van der Waals surface area contributed by atoms with Gasteiger partial charge in [-0.05, 0) is 48.6 Å². The second kappa shape index (κ2) is 4.28. The van der Waals surface area contributed by atoms with E-state index < -0.39 is 0 Å². The van der Waals surface area contributed by atoms with Crippen LogP contribution in [0.5, 0.6) is 0 Å². The van der Waals surface area contributed by atoms with Crippen LogP contribution in [0.1, 0.15) is 35.6 Å². The van der Waals surface area contributed by atoms with E-state index in [2.05, 4.69) is 11.1 Å². The highest BCUT2D eigenvalue weighted by molar-refractivity contribution is 5.36. The van der Waals surface area contributed by atoms with E-state index in [0.29, 0.717) is 5.92 Å². The maximum absolute atomic E-state index is 12.9. The Morgan fingerprint density at radius 1 is 1.12 bits per heavy atom. The molecule has 1 aromatic carbocycles. The first-order valence-corrected chi connectivity index (χ1v) is 6.04. The Kier molecular flexibility index (Phi) is 2.63. The summed E-state index contributed by atoms with van der Waals surface area (Å²) in [5.74, 6) is 0.212. The molecule has 0 fully saturated rings. The Morgan fingerprint density at radius 2 is 1.94 bits per heavy atom. The van der Waals surface area contributed by atoms with Crippen molar-refractivity contribution >= 4 is 0 Å². The first kappa shape index (κ1) is 10.5. The minimum Gasteiger partial charge on any atom is -0.261 e. The summed E-state index contributed by atoms with van der Waals surface area (Å²) in [4.78, 5) is 4.44. The molecule has 0 radical (unpaired) electrons. The molecule has 17 heavy (non-hydrogen) atoms. The zero-order valence-electron chi connectivity index (χ0n) is 9.57. The monoisotopic (exact) mass is 227 g/mol. The molecule has 0 amide bonds. The summed E-state index contributed by atoms with van der Waals surface area (Å²) >= 11 is 0. The highest BCUT2D eigenvalue weighted by Crippen LogP contribution is 2.35. The molecule has 1 aliphatic carbocycles. The van der Waals surface area contributed by atoms with Crippen molar-refractivity contribution in [2.24, 2.45) is 0 Å². The number of hydrogen-bond acceptors (Lipinski definition) is 1. The molecular weight excluding hydrogens is 213 g/mol. The van der Waals surface area contributed by atoms with E-state index >= 15 is 0 Å². The topological polar surface area (TPSA) is 12.9 Å². The Bertz CT molecular complexity index is 519. The molecule has 3 rings (SSSR count). The average molecular weight is 227 g/mol. The van der Waals surface area contributed by atoms with Crippen LogP contribution < -0.4 is 0 Å². The van der Waals surface area contributed by atoms with E-state index in [-0.39, 0.29) is 5.82 Å². The predicted octanol–water partition coefficient (Wildman–Crippen LogP) is 3.69.